The summed E-state index contributed by atoms with van der Waals surface area (Å²) in [7, 11) is 0. The molecule has 0 amide bonds. The third-order valence-corrected chi connectivity index (χ3v) is 5.35. The third-order valence-electron chi connectivity index (χ3n) is 5.35. The molecule has 3 rings (SSSR count). The molecule has 1 atom stereocenters. The molecule has 1 unspecified atom stereocenters. The van der Waals surface area contributed by atoms with Gasteiger partial charge in [-0.25, -0.2) is 0 Å². The van der Waals surface area contributed by atoms with Crippen LogP contribution in [0.4, 0.5) is 0 Å². The van der Waals surface area contributed by atoms with Crippen LogP contribution in [0.25, 0.3) is 11.1 Å². The van der Waals surface area contributed by atoms with Gasteiger partial charge < -0.3 is 10.0 Å². The number of hydrogen-bond acceptors (Lipinski definition) is 3. The van der Waals surface area contributed by atoms with Gasteiger partial charge in [0.25, 0.3) is 0 Å². The molecule has 1 fully saturated rings. The standard InChI is InChI=1S/C22H30N2O/c1-19(11-12-23-13-15-24(16-14-23)17-18-25)20-7-9-22(10-8-20)21-5-3-2-4-6-21/h2-10,19,25H,11-18H2,1H3. The Bertz CT molecular complexity index is 618. The van der Waals surface area contributed by atoms with Crippen LogP contribution in [0, 0.1) is 0 Å². The van der Waals surface area contributed by atoms with E-state index < -0.39 is 0 Å². The van der Waals surface area contributed by atoms with Gasteiger partial charge in [-0.15, -0.1) is 0 Å². The smallest absolute Gasteiger partial charge is 0.0558 e. The van der Waals surface area contributed by atoms with Gasteiger partial charge >= 0.3 is 0 Å². The van der Waals surface area contributed by atoms with E-state index in [4.69, 9.17) is 5.11 Å². The fourth-order valence-corrected chi connectivity index (χ4v) is 3.56. The summed E-state index contributed by atoms with van der Waals surface area (Å²) in [5.41, 5.74) is 4.00. The fraction of sp³-hybridized carbons (Fsp3) is 0.455. The van der Waals surface area contributed by atoms with Crippen LogP contribution in [-0.4, -0.2) is 60.8 Å². The van der Waals surface area contributed by atoms with Crippen molar-refractivity contribution in [3.8, 4) is 11.1 Å². The highest BCUT2D eigenvalue weighted by molar-refractivity contribution is 5.63. The van der Waals surface area contributed by atoms with Crippen molar-refractivity contribution in [1.82, 2.24) is 9.80 Å². The molecule has 1 aliphatic heterocycles. The predicted octanol–water partition coefficient (Wildman–Crippen LogP) is 3.46. The van der Waals surface area contributed by atoms with Crippen LogP contribution in [-0.2, 0) is 0 Å². The third kappa shape index (κ3) is 5.15. The maximum absolute atomic E-state index is 9.02. The van der Waals surface area contributed by atoms with Crippen molar-refractivity contribution in [3.63, 3.8) is 0 Å². The van der Waals surface area contributed by atoms with Gasteiger partial charge in [0, 0.05) is 32.7 Å². The van der Waals surface area contributed by atoms with E-state index in [0.29, 0.717) is 5.92 Å². The maximum atomic E-state index is 9.02. The first-order valence-electron chi connectivity index (χ1n) is 9.47. The molecule has 0 bridgehead atoms. The minimum Gasteiger partial charge on any atom is -0.395 e. The first kappa shape index (κ1) is 18.1. The Kier molecular flexibility index (Phi) is 6.62. The Morgan fingerprint density at radius 3 is 1.96 bits per heavy atom. The normalized spacial score (nSPS) is 17.5. The van der Waals surface area contributed by atoms with Gasteiger partial charge in [-0.1, -0.05) is 61.5 Å². The van der Waals surface area contributed by atoms with E-state index in [-0.39, 0.29) is 6.61 Å². The zero-order chi connectivity index (χ0) is 17.5. The van der Waals surface area contributed by atoms with Crippen LogP contribution < -0.4 is 0 Å². The minimum absolute atomic E-state index is 0.274. The van der Waals surface area contributed by atoms with E-state index in [1.807, 2.05) is 0 Å². The summed E-state index contributed by atoms with van der Waals surface area (Å²) < 4.78 is 0. The van der Waals surface area contributed by atoms with E-state index in [0.717, 1.165) is 39.3 Å². The van der Waals surface area contributed by atoms with Gasteiger partial charge in [-0.05, 0) is 35.6 Å². The van der Waals surface area contributed by atoms with E-state index >= 15 is 0 Å². The number of β-amino-alcohol motifs (C(OH)–C–C–N with tert-alkyl or cyclic N) is 1. The number of rotatable bonds is 7. The molecule has 0 aromatic heterocycles. The Balaban J connectivity index is 1.48. The molecular weight excluding hydrogens is 308 g/mol. The summed E-state index contributed by atoms with van der Waals surface area (Å²) in [5.74, 6) is 0.584. The van der Waals surface area contributed by atoms with Crippen molar-refractivity contribution in [2.75, 3.05) is 45.9 Å². The quantitative estimate of drug-likeness (QED) is 0.837. The topological polar surface area (TPSA) is 26.7 Å². The SMILES string of the molecule is CC(CCN1CCN(CCO)CC1)c1ccc(-c2ccccc2)cc1. The van der Waals surface area contributed by atoms with Crippen molar-refractivity contribution in [2.45, 2.75) is 19.3 Å². The van der Waals surface area contributed by atoms with E-state index in [2.05, 4.69) is 71.3 Å². The molecule has 1 N–H and O–H groups in total. The Labute approximate surface area is 151 Å². The van der Waals surface area contributed by atoms with E-state index in [9.17, 15) is 0 Å². The molecule has 2 aromatic rings. The van der Waals surface area contributed by atoms with Crippen molar-refractivity contribution < 1.29 is 5.11 Å². The van der Waals surface area contributed by atoms with Gasteiger partial charge in [0.2, 0.25) is 0 Å². The number of aliphatic hydroxyl groups excluding tert-OH is 1. The predicted molar refractivity (Wildman–Crippen MR) is 105 cm³/mol. The summed E-state index contributed by atoms with van der Waals surface area (Å²) in [4.78, 5) is 4.91. The molecular formula is C22H30N2O. The van der Waals surface area contributed by atoms with E-state index in [1.165, 1.54) is 23.1 Å². The van der Waals surface area contributed by atoms with Gasteiger partial charge in [0.1, 0.15) is 0 Å². The van der Waals surface area contributed by atoms with Crippen LogP contribution in [0.5, 0.6) is 0 Å². The van der Waals surface area contributed by atoms with Crippen LogP contribution in [0.2, 0.25) is 0 Å². The molecule has 0 saturated carbocycles. The second kappa shape index (κ2) is 9.14. The Morgan fingerprint density at radius 1 is 0.800 bits per heavy atom. The Hall–Kier alpha value is -1.68. The van der Waals surface area contributed by atoms with Crippen LogP contribution in [0.3, 0.4) is 0 Å². The van der Waals surface area contributed by atoms with Crippen LogP contribution in [0.15, 0.2) is 54.6 Å². The monoisotopic (exact) mass is 338 g/mol. The van der Waals surface area contributed by atoms with Crippen LogP contribution >= 0.6 is 0 Å². The highest BCUT2D eigenvalue weighted by atomic mass is 16.3. The molecule has 1 saturated heterocycles. The summed E-state index contributed by atoms with van der Waals surface area (Å²) in [5, 5.41) is 9.02. The molecule has 2 aromatic carbocycles. The van der Waals surface area contributed by atoms with Crippen LogP contribution in [0.1, 0.15) is 24.8 Å². The lowest BCUT2D eigenvalue weighted by Gasteiger charge is -2.34. The number of hydrogen-bond donors (Lipinski definition) is 1. The first-order chi connectivity index (χ1) is 12.3. The first-order valence-corrected chi connectivity index (χ1v) is 9.47. The summed E-state index contributed by atoms with van der Waals surface area (Å²) >= 11 is 0. The lowest BCUT2D eigenvalue weighted by molar-refractivity contribution is 0.111. The Morgan fingerprint density at radius 2 is 1.36 bits per heavy atom. The van der Waals surface area contributed by atoms with Gasteiger partial charge in [0.15, 0.2) is 0 Å². The van der Waals surface area contributed by atoms with Gasteiger partial charge in [-0.2, -0.15) is 0 Å². The highest BCUT2D eigenvalue weighted by Crippen LogP contribution is 2.24. The zero-order valence-corrected chi connectivity index (χ0v) is 15.3. The molecule has 1 heterocycles. The molecule has 25 heavy (non-hydrogen) atoms. The molecule has 3 heteroatoms. The van der Waals surface area contributed by atoms with E-state index in [1.54, 1.807) is 0 Å². The molecule has 0 spiro atoms. The molecule has 0 aliphatic carbocycles. The van der Waals surface area contributed by atoms with Crippen molar-refractivity contribution in [3.05, 3.63) is 60.2 Å². The number of piperazine rings is 1. The number of benzene rings is 2. The summed E-state index contributed by atoms with van der Waals surface area (Å²) in [6.45, 7) is 9.00. The molecule has 0 radical (unpaired) electrons. The maximum Gasteiger partial charge on any atom is 0.0558 e. The lowest BCUT2D eigenvalue weighted by atomic mass is 9.95. The summed E-state index contributed by atoms with van der Waals surface area (Å²) in [6, 6.07) is 19.6. The van der Waals surface area contributed by atoms with Gasteiger partial charge in [0.05, 0.1) is 6.61 Å². The number of aliphatic hydroxyl groups is 1. The molecule has 134 valence electrons. The van der Waals surface area contributed by atoms with Crippen molar-refractivity contribution in [1.29, 1.82) is 0 Å². The molecule has 3 nitrogen and oxygen atoms in total. The largest absolute Gasteiger partial charge is 0.395 e. The molecule has 1 aliphatic rings. The average molecular weight is 338 g/mol. The zero-order valence-electron chi connectivity index (χ0n) is 15.3. The van der Waals surface area contributed by atoms with Crippen molar-refractivity contribution >= 4 is 0 Å². The number of nitrogens with zero attached hydrogens (tertiary/aromatic N) is 2. The average Bonchev–Trinajstić information content (AvgIpc) is 2.68. The summed E-state index contributed by atoms with van der Waals surface area (Å²) in [6.07, 6.45) is 1.20. The second-order valence-electron chi connectivity index (χ2n) is 7.08. The minimum atomic E-state index is 0.274. The van der Waals surface area contributed by atoms with Gasteiger partial charge in [-0.3, -0.25) is 4.90 Å². The lowest BCUT2D eigenvalue weighted by Crippen LogP contribution is -2.47. The second-order valence-corrected chi connectivity index (χ2v) is 7.08. The highest BCUT2D eigenvalue weighted by Gasteiger charge is 2.17. The van der Waals surface area contributed by atoms with Crippen molar-refractivity contribution in [2.24, 2.45) is 0 Å². The fourth-order valence-electron chi connectivity index (χ4n) is 3.56.